The molecule has 4 aliphatic rings. The maximum absolute atomic E-state index is 6.93. The molecule has 0 aromatic heterocycles. The zero-order valence-electron chi connectivity index (χ0n) is 21.4. The third kappa shape index (κ3) is 3.43. The van der Waals surface area contributed by atoms with Gasteiger partial charge in [0.25, 0.3) is 0 Å². The van der Waals surface area contributed by atoms with Crippen molar-refractivity contribution in [1.29, 1.82) is 0 Å². The second kappa shape index (κ2) is 8.08. The van der Waals surface area contributed by atoms with Crippen LogP contribution in [0.3, 0.4) is 0 Å². The van der Waals surface area contributed by atoms with Gasteiger partial charge in [-0.1, -0.05) is 112 Å². The van der Waals surface area contributed by atoms with E-state index in [0.29, 0.717) is 6.04 Å². The lowest BCUT2D eigenvalue weighted by molar-refractivity contribution is 0.226. The lowest BCUT2D eigenvalue weighted by atomic mass is 9.81. The van der Waals surface area contributed by atoms with Gasteiger partial charge in [-0.3, -0.25) is 4.90 Å². The van der Waals surface area contributed by atoms with Crippen LogP contribution in [0.25, 0.3) is 16.7 Å². The van der Waals surface area contributed by atoms with Gasteiger partial charge < -0.3 is 4.74 Å². The van der Waals surface area contributed by atoms with Gasteiger partial charge in [-0.25, -0.2) is 0 Å². The van der Waals surface area contributed by atoms with Crippen molar-refractivity contribution in [2.75, 3.05) is 13.1 Å². The summed E-state index contributed by atoms with van der Waals surface area (Å²) in [7, 11) is 0. The highest BCUT2D eigenvalue weighted by molar-refractivity contribution is 5.75. The number of fused-ring (bicyclic) bond motifs is 6. The fourth-order valence-corrected chi connectivity index (χ4v) is 6.51. The molecule has 1 aliphatic carbocycles. The molecule has 0 amide bonds. The monoisotopic (exact) mass is 471 g/mol. The zero-order valence-corrected chi connectivity index (χ0v) is 21.4. The second-order valence-electron chi connectivity index (χ2n) is 11.7. The minimum atomic E-state index is 0.0800. The number of para-hydroxylation sites is 1. The van der Waals surface area contributed by atoms with E-state index in [-0.39, 0.29) is 17.4 Å². The molecule has 0 saturated heterocycles. The Morgan fingerprint density at radius 3 is 2.44 bits per heavy atom. The van der Waals surface area contributed by atoms with Gasteiger partial charge in [-0.2, -0.15) is 0 Å². The maximum Gasteiger partial charge on any atom is 0.133 e. The molecule has 3 aliphatic heterocycles. The average Bonchev–Trinajstić information content (AvgIpc) is 3.46. The van der Waals surface area contributed by atoms with E-state index in [1.165, 1.54) is 44.5 Å². The molecule has 0 saturated carbocycles. The smallest absolute Gasteiger partial charge is 0.133 e. The fraction of sp³-hybridized carbons (Fsp3) is 0.294. The minimum absolute atomic E-state index is 0.0800. The highest BCUT2D eigenvalue weighted by Gasteiger charge is 2.46. The summed E-state index contributed by atoms with van der Waals surface area (Å²) >= 11 is 0. The summed E-state index contributed by atoms with van der Waals surface area (Å²) in [5.74, 6) is 1.35. The van der Waals surface area contributed by atoms with Crippen LogP contribution >= 0.6 is 0 Å². The van der Waals surface area contributed by atoms with Crippen molar-refractivity contribution in [3.8, 4) is 16.9 Å². The number of rotatable bonds is 2. The van der Waals surface area contributed by atoms with Crippen LogP contribution in [-0.2, 0) is 5.41 Å². The van der Waals surface area contributed by atoms with Gasteiger partial charge in [0, 0.05) is 30.1 Å². The van der Waals surface area contributed by atoms with Gasteiger partial charge in [-0.15, -0.1) is 0 Å². The first-order valence-electron chi connectivity index (χ1n) is 13.3. The summed E-state index contributed by atoms with van der Waals surface area (Å²) in [5, 5.41) is 0. The third-order valence-corrected chi connectivity index (χ3v) is 8.48. The molecule has 36 heavy (non-hydrogen) atoms. The van der Waals surface area contributed by atoms with Crippen LogP contribution in [0, 0.1) is 0 Å². The van der Waals surface area contributed by atoms with Gasteiger partial charge in [0.2, 0.25) is 0 Å². The summed E-state index contributed by atoms with van der Waals surface area (Å²) in [4.78, 5) is 2.63. The van der Waals surface area contributed by atoms with Crippen LogP contribution in [-0.4, -0.2) is 30.1 Å². The molecule has 7 rings (SSSR count). The lowest BCUT2D eigenvalue weighted by Crippen LogP contribution is -2.38. The van der Waals surface area contributed by atoms with E-state index in [9.17, 15) is 0 Å². The van der Waals surface area contributed by atoms with Crippen molar-refractivity contribution in [2.45, 2.75) is 50.7 Å². The van der Waals surface area contributed by atoms with Gasteiger partial charge in [-0.05, 0) is 45.2 Å². The molecule has 0 fully saturated rings. The SMILES string of the molecule is CC(C)(C)c1ccc(-c2cccc3c2OC2C4=C(C=CC32)CN2CCC(c3ccccc3)=CC42)cc1. The minimum Gasteiger partial charge on any atom is -0.484 e. The zero-order chi connectivity index (χ0) is 24.4. The van der Waals surface area contributed by atoms with E-state index in [1.807, 2.05) is 0 Å². The molecule has 0 radical (unpaired) electrons. The molecule has 2 heteroatoms. The van der Waals surface area contributed by atoms with Gasteiger partial charge in [0.15, 0.2) is 0 Å². The Bertz CT molecular complexity index is 1420. The second-order valence-corrected chi connectivity index (χ2v) is 11.7. The van der Waals surface area contributed by atoms with E-state index in [2.05, 4.69) is 117 Å². The Balaban J connectivity index is 1.25. The fourth-order valence-electron chi connectivity index (χ4n) is 6.51. The molecule has 0 N–H and O–H groups in total. The van der Waals surface area contributed by atoms with Crippen LogP contribution in [0.15, 0.2) is 102 Å². The van der Waals surface area contributed by atoms with Crippen LogP contribution in [0.4, 0.5) is 0 Å². The number of ether oxygens (including phenoxy) is 1. The van der Waals surface area contributed by atoms with Gasteiger partial charge in [0.05, 0.1) is 6.04 Å². The molecule has 180 valence electrons. The summed E-state index contributed by atoms with van der Waals surface area (Å²) in [6.07, 6.45) is 8.47. The molecule has 0 bridgehead atoms. The molecule has 3 aromatic rings. The van der Waals surface area contributed by atoms with Crippen molar-refractivity contribution in [3.05, 3.63) is 119 Å². The first-order chi connectivity index (χ1) is 17.5. The standard InChI is InChI=1S/C34H33NO/c1-34(2,3)26-15-12-23(13-16-26)27-10-7-11-28-29-17-14-25-21-35-19-18-24(22-8-5-4-6-9-22)20-30(35)31(25)33(29)36-32(27)28/h4-17,20,29-30,33H,18-19,21H2,1-3H3. The van der Waals surface area contributed by atoms with Gasteiger partial charge in [0.1, 0.15) is 11.9 Å². The topological polar surface area (TPSA) is 12.5 Å². The number of benzene rings is 3. The Morgan fingerprint density at radius 2 is 1.67 bits per heavy atom. The average molecular weight is 472 g/mol. The molecule has 3 aromatic carbocycles. The summed E-state index contributed by atoms with van der Waals surface area (Å²) in [6, 6.07) is 26.9. The molecular weight excluding hydrogens is 438 g/mol. The first kappa shape index (κ1) is 21.9. The Hall–Kier alpha value is -3.36. The van der Waals surface area contributed by atoms with E-state index >= 15 is 0 Å². The Labute approximate surface area is 214 Å². The van der Waals surface area contributed by atoms with E-state index < -0.39 is 0 Å². The Kier molecular flexibility index (Phi) is 4.91. The highest BCUT2D eigenvalue weighted by Crippen LogP contribution is 2.52. The van der Waals surface area contributed by atoms with Gasteiger partial charge >= 0.3 is 0 Å². The van der Waals surface area contributed by atoms with E-state index in [1.54, 1.807) is 0 Å². The van der Waals surface area contributed by atoms with Crippen LogP contribution in [0.5, 0.6) is 5.75 Å². The van der Waals surface area contributed by atoms with Crippen LogP contribution < -0.4 is 4.74 Å². The summed E-state index contributed by atoms with van der Waals surface area (Å²) in [5.41, 5.74) is 11.0. The number of hydrogen-bond acceptors (Lipinski definition) is 2. The number of hydrogen-bond donors (Lipinski definition) is 0. The van der Waals surface area contributed by atoms with Crippen LogP contribution in [0.1, 0.15) is 49.8 Å². The quantitative estimate of drug-likeness (QED) is 0.383. The number of nitrogens with zero attached hydrogens (tertiary/aromatic N) is 1. The molecule has 3 atom stereocenters. The first-order valence-corrected chi connectivity index (χ1v) is 13.3. The Morgan fingerprint density at radius 1 is 0.861 bits per heavy atom. The summed E-state index contributed by atoms with van der Waals surface area (Å²) < 4.78 is 6.93. The maximum atomic E-state index is 6.93. The van der Waals surface area contributed by atoms with E-state index in [4.69, 9.17) is 4.74 Å². The molecule has 3 unspecified atom stereocenters. The largest absolute Gasteiger partial charge is 0.484 e. The predicted molar refractivity (Wildman–Crippen MR) is 148 cm³/mol. The van der Waals surface area contributed by atoms with E-state index in [0.717, 1.165) is 25.3 Å². The van der Waals surface area contributed by atoms with Crippen molar-refractivity contribution in [1.82, 2.24) is 4.90 Å². The molecular formula is C34H33NO. The normalized spacial score (nSPS) is 24.5. The molecule has 0 spiro atoms. The van der Waals surface area contributed by atoms with Crippen molar-refractivity contribution in [3.63, 3.8) is 0 Å². The van der Waals surface area contributed by atoms with Crippen molar-refractivity contribution >= 4 is 5.57 Å². The van der Waals surface area contributed by atoms with Crippen molar-refractivity contribution < 1.29 is 4.74 Å². The predicted octanol–water partition coefficient (Wildman–Crippen LogP) is 7.53. The third-order valence-electron chi connectivity index (χ3n) is 8.48. The lowest BCUT2D eigenvalue weighted by Gasteiger charge is -2.33. The molecule has 2 nitrogen and oxygen atoms in total. The summed E-state index contributed by atoms with van der Waals surface area (Å²) in [6.45, 7) is 8.92. The van der Waals surface area contributed by atoms with Crippen LogP contribution in [0.2, 0.25) is 0 Å². The highest BCUT2D eigenvalue weighted by atomic mass is 16.5. The molecule has 3 heterocycles. The van der Waals surface area contributed by atoms with Crippen molar-refractivity contribution in [2.24, 2.45) is 0 Å².